The van der Waals surface area contributed by atoms with Gasteiger partial charge in [0.2, 0.25) is 0 Å². The van der Waals surface area contributed by atoms with Crippen molar-refractivity contribution in [1.29, 1.82) is 0 Å². The van der Waals surface area contributed by atoms with Crippen LogP contribution in [0, 0.1) is 0 Å². The first-order valence-electron chi connectivity index (χ1n) is 7.27. The van der Waals surface area contributed by atoms with Crippen molar-refractivity contribution in [3.05, 3.63) is 12.2 Å². The first kappa shape index (κ1) is 24.6. The molecular formula is C12H15F6NO7S2. The van der Waals surface area contributed by atoms with Gasteiger partial charge in [-0.05, 0) is 19.8 Å². The van der Waals surface area contributed by atoms with E-state index in [2.05, 4.69) is 6.58 Å². The van der Waals surface area contributed by atoms with E-state index in [0.29, 0.717) is 0 Å². The summed E-state index contributed by atoms with van der Waals surface area (Å²) in [5.41, 5.74) is -0.135. The molecule has 0 aromatic heterocycles. The van der Waals surface area contributed by atoms with Crippen molar-refractivity contribution >= 4 is 26.1 Å². The molecule has 0 saturated carbocycles. The Morgan fingerprint density at radius 3 is 2.04 bits per heavy atom. The Hall–Kier alpha value is -1.39. The summed E-state index contributed by atoms with van der Waals surface area (Å²) in [6, 6.07) is 0. The Kier molecular flexibility index (Phi) is 6.56. The van der Waals surface area contributed by atoms with Crippen molar-refractivity contribution in [3.63, 3.8) is 0 Å². The number of alkyl halides is 6. The summed E-state index contributed by atoms with van der Waals surface area (Å²) in [4.78, 5) is 11.4. The maximum Gasteiger partial charge on any atom is 0.439 e. The number of esters is 1. The molecule has 1 rings (SSSR count). The predicted molar refractivity (Wildman–Crippen MR) is 80.8 cm³/mol. The first-order chi connectivity index (χ1) is 12.3. The molecule has 16 heteroatoms. The quantitative estimate of drug-likeness (QED) is 0.264. The fraction of sp³-hybridized carbons (Fsp3) is 0.750. The number of hydrogen-bond acceptors (Lipinski definition) is 6. The Balaban J connectivity index is 3.26. The molecule has 1 fully saturated rings. The van der Waals surface area contributed by atoms with Crippen LogP contribution in [0.2, 0.25) is 0 Å². The van der Waals surface area contributed by atoms with Crippen LogP contribution in [0.25, 0.3) is 0 Å². The van der Waals surface area contributed by atoms with Crippen LogP contribution in [0.1, 0.15) is 19.8 Å². The fourth-order valence-electron chi connectivity index (χ4n) is 2.13. The minimum Gasteiger partial charge on any atom is -0.458 e. The van der Waals surface area contributed by atoms with E-state index in [1.807, 2.05) is 0 Å². The molecule has 0 aliphatic carbocycles. The topological polar surface area (TPSA) is 118 Å². The smallest absolute Gasteiger partial charge is 0.439 e. The normalized spacial score (nSPS) is 20.6. The van der Waals surface area contributed by atoms with Gasteiger partial charge in [0.25, 0.3) is 10.0 Å². The molecular weight excluding hydrogens is 448 g/mol. The van der Waals surface area contributed by atoms with Crippen LogP contribution in [-0.2, 0) is 29.7 Å². The lowest BCUT2D eigenvalue weighted by molar-refractivity contribution is -0.247. The summed E-state index contributed by atoms with van der Waals surface area (Å²) >= 11 is 0. The number of nitrogens with zero attached hydrogens (tertiary/aromatic N) is 1. The largest absolute Gasteiger partial charge is 0.458 e. The molecule has 164 valence electrons. The van der Waals surface area contributed by atoms with Crippen molar-refractivity contribution < 1.29 is 57.3 Å². The Bertz CT molecular complexity index is 856. The molecule has 1 aliphatic rings. The number of piperidine rings is 1. The third kappa shape index (κ3) is 3.99. The van der Waals surface area contributed by atoms with Crippen molar-refractivity contribution in [3.8, 4) is 0 Å². The number of halogens is 6. The predicted octanol–water partition coefficient (Wildman–Crippen LogP) is 1.61. The molecule has 0 bridgehead atoms. The van der Waals surface area contributed by atoms with Crippen LogP contribution in [-0.4, -0.2) is 67.3 Å². The van der Waals surface area contributed by atoms with Gasteiger partial charge in [-0.2, -0.15) is 39.1 Å². The second kappa shape index (κ2) is 7.46. The van der Waals surface area contributed by atoms with E-state index >= 15 is 0 Å². The minimum atomic E-state index is -7.10. The average molecular weight is 463 g/mol. The standard InChI is InChI=1S/C12H15F6NO7S2/c1-7(2)9(20)26-8-4-3-5-19(6-8)27(21,22)11(15,16)10(13,14)12(17,18)28(23,24)25/h8H,1,3-6H2,2H3,(H,23,24,25). The van der Waals surface area contributed by atoms with Gasteiger partial charge in [0.15, 0.2) is 0 Å². The SMILES string of the molecule is C=C(C)C(=O)OC1CCCN(S(=O)(=O)C(F)(F)C(F)(F)C(F)(F)S(=O)(=O)O)C1. The molecule has 8 nitrogen and oxygen atoms in total. The van der Waals surface area contributed by atoms with Crippen LogP contribution in [0.5, 0.6) is 0 Å². The fourth-order valence-corrected chi connectivity index (χ4v) is 4.15. The zero-order valence-electron chi connectivity index (χ0n) is 14.0. The van der Waals surface area contributed by atoms with Gasteiger partial charge in [0, 0.05) is 12.1 Å². The molecule has 0 amide bonds. The number of hydrogen-bond donors (Lipinski definition) is 1. The van der Waals surface area contributed by atoms with Gasteiger partial charge in [-0.3, -0.25) is 4.55 Å². The van der Waals surface area contributed by atoms with E-state index in [4.69, 9.17) is 9.29 Å². The Labute approximate surface area is 155 Å². The molecule has 1 aliphatic heterocycles. The van der Waals surface area contributed by atoms with Crippen LogP contribution in [0.15, 0.2) is 12.2 Å². The zero-order chi connectivity index (χ0) is 22.3. The summed E-state index contributed by atoms with van der Waals surface area (Å²) in [7, 11) is -13.7. The van der Waals surface area contributed by atoms with Crippen molar-refractivity contribution in [2.75, 3.05) is 13.1 Å². The molecule has 0 aromatic carbocycles. The second-order valence-electron chi connectivity index (χ2n) is 5.90. The summed E-state index contributed by atoms with van der Waals surface area (Å²) in [6.45, 7) is 2.56. The lowest BCUT2D eigenvalue weighted by atomic mass is 10.1. The Morgan fingerprint density at radius 1 is 1.11 bits per heavy atom. The number of rotatable bonds is 7. The molecule has 1 heterocycles. The van der Waals surface area contributed by atoms with Gasteiger partial charge in [-0.15, -0.1) is 0 Å². The van der Waals surface area contributed by atoms with Crippen LogP contribution >= 0.6 is 0 Å². The highest BCUT2D eigenvalue weighted by Gasteiger charge is 2.82. The third-order valence-corrected chi connectivity index (χ3v) is 6.50. The number of carbonyl (C=O) groups is 1. The summed E-state index contributed by atoms with van der Waals surface area (Å²) < 4.78 is 139. The molecule has 0 radical (unpaired) electrons. The highest BCUT2D eigenvalue weighted by Crippen LogP contribution is 2.51. The van der Waals surface area contributed by atoms with Gasteiger partial charge in [0.1, 0.15) is 6.10 Å². The maximum absolute atomic E-state index is 14.0. The lowest BCUT2D eigenvalue weighted by Gasteiger charge is -2.36. The summed E-state index contributed by atoms with van der Waals surface area (Å²) in [5.74, 6) is -8.05. The number of ether oxygens (including phenoxy) is 1. The van der Waals surface area contributed by atoms with Crippen molar-refractivity contribution in [2.24, 2.45) is 0 Å². The summed E-state index contributed by atoms with van der Waals surface area (Å²) in [5, 5.41) is -13.4. The number of sulfonamides is 1. The highest BCUT2D eigenvalue weighted by molar-refractivity contribution is 7.90. The number of carbonyl (C=O) groups excluding carboxylic acids is 1. The van der Waals surface area contributed by atoms with E-state index < -0.39 is 61.7 Å². The Morgan fingerprint density at radius 2 is 1.61 bits per heavy atom. The first-order valence-corrected chi connectivity index (χ1v) is 10.2. The minimum absolute atomic E-state index is 0.0474. The van der Waals surface area contributed by atoms with E-state index in [9.17, 15) is 48.0 Å². The molecule has 28 heavy (non-hydrogen) atoms. The molecule has 1 N–H and O–H groups in total. The average Bonchev–Trinajstić information content (AvgIpc) is 2.53. The van der Waals surface area contributed by atoms with Crippen LogP contribution in [0.3, 0.4) is 0 Å². The monoisotopic (exact) mass is 463 g/mol. The van der Waals surface area contributed by atoms with Gasteiger partial charge in [-0.1, -0.05) is 6.58 Å². The maximum atomic E-state index is 14.0. The summed E-state index contributed by atoms with van der Waals surface area (Å²) in [6.07, 6.45) is -1.67. The van der Waals surface area contributed by atoms with Crippen LogP contribution < -0.4 is 0 Å². The van der Waals surface area contributed by atoms with Crippen molar-refractivity contribution in [2.45, 2.75) is 42.3 Å². The van der Waals surface area contributed by atoms with Gasteiger partial charge in [-0.25, -0.2) is 13.2 Å². The van der Waals surface area contributed by atoms with E-state index in [1.54, 1.807) is 0 Å². The molecule has 1 unspecified atom stereocenters. The zero-order valence-corrected chi connectivity index (χ0v) is 15.7. The third-order valence-electron chi connectivity index (χ3n) is 3.68. The van der Waals surface area contributed by atoms with Crippen molar-refractivity contribution in [1.82, 2.24) is 4.31 Å². The van der Waals surface area contributed by atoms with E-state index in [-0.39, 0.29) is 22.7 Å². The second-order valence-corrected chi connectivity index (χ2v) is 9.34. The van der Waals surface area contributed by atoms with Gasteiger partial charge in [0.05, 0.1) is 6.54 Å². The van der Waals surface area contributed by atoms with Crippen LogP contribution in [0.4, 0.5) is 26.3 Å². The molecule has 1 atom stereocenters. The van der Waals surface area contributed by atoms with E-state index in [1.165, 1.54) is 6.92 Å². The highest BCUT2D eigenvalue weighted by atomic mass is 32.2. The van der Waals surface area contributed by atoms with Gasteiger partial charge >= 0.3 is 32.5 Å². The lowest BCUT2D eigenvalue weighted by Crippen LogP contribution is -2.64. The van der Waals surface area contributed by atoms with E-state index in [0.717, 1.165) is 0 Å². The molecule has 0 aromatic rings. The van der Waals surface area contributed by atoms with Gasteiger partial charge < -0.3 is 4.74 Å². The molecule has 1 saturated heterocycles. The molecule has 0 spiro atoms.